The molecule has 0 spiro atoms. The fraction of sp³-hybridized carbons (Fsp3) is 0.455. The average molecular weight is 234 g/mol. The third kappa shape index (κ3) is 1.47. The molecule has 16 heavy (non-hydrogen) atoms. The number of anilines is 1. The minimum Gasteiger partial charge on any atom is -0.354 e. The Morgan fingerprint density at radius 1 is 1.44 bits per heavy atom. The zero-order chi connectivity index (χ0) is 11.1. The summed E-state index contributed by atoms with van der Waals surface area (Å²) in [5.41, 5.74) is 6.04. The third-order valence-electron chi connectivity index (χ3n) is 3.21. The Balaban J connectivity index is 2.03. The number of nitrogens with zero attached hydrogens (tertiary/aromatic N) is 3. The molecule has 2 atom stereocenters. The van der Waals surface area contributed by atoms with Crippen LogP contribution in [0.15, 0.2) is 17.8 Å². The molecule has 0 bridgehead atoms. The normalized spacial score (nSPS) is 25.5. The predicted octanol–water partition coefficient (Wildman–Crippen LogP) is 1.47. The molecule has 1 aliphatic rings. The monoisotopic (exact) mass is 234 g/mol. The van der Waals surface area contributed by atoms with Crippen LogP contribution in [0.2, 0.25) is 0 Å². The number of aromatic nitrogens is 2. The summed E-state index contributed by atoms with van der Waals surface area (Å²) >= 11 is 1.65. The molecule has 5 heteroatoms. The number of rotatable bonds is 1. The maximum atomic E-state index is 6.04. The van der Waals surface area contributed by atoms with Gasteiger partial charge in [0, 0.05) is 19.1 Å². The van der Waals surface area contributed by atoms with Crippen molar-refractivity contribution >= 4 is 27.4 Å². The van der Waals surface area contributed by atoms with Crippen molar-refractivity contribution in [2.24, 2.45) is 11.7 Å². The molecule has 0 aromatic carbocycles. The average Bonchev–Trinajstić information content (AvgIpc) is 2.85. The Morgan fingerprint density at radius 2 is 2.31 bits per heavy atom. The van der Waals surface area contributed by atoms with E-state index >= 15 is 0 Å². The molecular formula is C11H14N4S. The molecule has 1 fully saturated rings. The molecule has 2 unspecified atom stereocenters. The zero-order valence-electron chi connectivity index (χ0n) is 9.13. The fourth-order valence-corrected chi connectivity index (χ4v) is 2.92. The van der Waals surface area contributed by atoms with Crippen LogP contribution in [-0.2, 0) is 0 Å². The van der Waals surface area contributed by atoms with E-state index in [4.69, 9.17) is 5.73 Å². The van der Waals surface area contributed by atoms with Crippen molar-refractivity contribution in [3.8, 4) is 0 Å². The lowest BCUT2D eigenvalue weighted by atomic mass is 10.1. The number of hydrogen-bond acceptors (Lipinski definition) is 5. The van der Waals surface area contributed by atoms with Gasteiger partial charge in [-0.25, -0.2) is 9.97 Å². The number of thiophene rings is 1. The highest BCUT2D eigenvalue weighted by molar-refractivity contribution is 7.16. The van der Waals surface area contributed by atoms with Crippen LogP contribution < -0.4 is 10.6 Å². The van der Waals surface area contributed by atoms with Gasteiger partial charge >= 0.3 is 0 Å². The van der Waals surface area contributed by atoms with Crippen molar-refractivity contribution in [3.63, 3.8) is 0 Å². The standard InChI is InChI=1S/C11H14N4S/c1-7-4-15(5-9(7)12)10-8-2-3-16-11(8)14-6-13-10/h2-3,6-7,9H,4-5,12H2,1H3. The van der Waals surface area contributed by atoms with Crippen LogP contribution in [0.3, 0.4) is 0 Å². The van der Waals surface area contributed by atoms with Crippen molar-refractivity contribution in [2.45, 2.75) is 13.0 Å². The lowest BCUT2D eigenvalue weighted by Crippen LogP contribution is -2.28. The van der Waals surface area contributed by atoms with Crippen LogP contribution in [0.25, 0.3) is 10.2 Å². The van der Waals surface area contributed by atoms with Crippen LogP contribution >= 0.6 is 11.3 Å². The molecule has 84 valence electrons. The van der Waals surface area contributed by atoms with Gasteiger partial charge in [-0.3, -0.25) is 0 Å². The van der Waals surface area contributed by atoms with E-state index in [0.717, 1.165) is 29.1 Å². The van der Waals surface area contributed by atoms with Gasteiger partial charge in [0.05, 0.1) is 5.39 Å². The molecular weight excluding hydrogens is 220 g/mol. The highest BCUT2D eigenvalue weighted by Crippen LogP contribution is 2.29. The van der Waals surface area contributed by atoms with Gasteiger partial charge in [0.15, 0.2) is 0 Å². The van der Waals surface area contributed by atoms with Gasteiger partial charge in [0.2, 0.25) is 0 Å². The molecule has 2 N–H and O–H groups in total. The SMILES string of the molecule is CC1CN(c2ncnc3sccc23)CC1N. The maximum absolute atomic E-state index is 6.04. The highest BCUT2D eigenvalue weighted by Gasteiger charge is 2.28. The number of fused-ring (bicyclic) bond motifs is 1. The fourth-order valence-electron chi connectivity index (χ4n) is 2.19. The van der Waals surface area contributed by atoms with Crippen LogP contribution in [0.4, 0.5) is 5.82 Å². The summed E-state index contributed by atoms with van der Waals surface area (Å²) in [6.07, 6.45) is 1.64. The second-order valence-electron chi connectivity index (χ2n) is 4.38. The molecule has 1 aliphatic heterocycles. The molecule has 0 amide bonds. The van der Waals surface area contributed by atoms with E-state index in [1.807, 2.05) is 0 Å². The van der Waals surface area contributed by atoms with Gasteiger partial charge in [-0.1, -0.05) is 6.92 Å². The lowest BCUT2D eigenvalue weighted by molar-refractivity contribution is 0.566. The summed E-state index contributed by atoms with van der Waals surface area (Å²) in [6.45, 7) is 4.07. The molecule has 2 aromatic rings. The third-order valence-corrected chi connectivity index (χ3v) is 4.03. The molecule has 0 aliphatic carbocycles. The van der Waals surface area contributed by atoms with Crippen LogP contribution in [-0.4, -0.2) is 29.1 Å². The van der Waals surface area contributed by atoms with E-state index in [9.17, 15) is 0 Å². The van der Waals surface area contributed by atoms with Crippen molar-refractivity contribution in [3.05, 3.63) is 17.8 Å². The molecule has 4 nitrogen and oxygen atoms in total. The van der Waals surface area contributed by atoms with Gasteiger partial charge in [-0.2, -0.15) is 0 Å². The minimum atomic E-state index is 0.253. The van der Waals surface area contributed by atoms with Crippen LogP contribution in [0, 0.1) is 5.92 Å². The van der Waals surface area contributed by atoms with E-state index in [2.05, 4.69) is 33.2 Å². The number of nitrogens with two attached hydrogens (primary N) is 1. The summed E-state index contributed by atoms with van der Waals surface area (Å²) in [6, 6.07) is 2.34. The topological polar surface area (TPSA) is 55.0 Å². The van der Waals surface area contributed by atoms with Gasteiger partial charge in [-0.05, 0) is 17.4 Å². The minimum absolute atomic E-state index is 0.253. The second-order valence-corrected chi connectivity index (χ2v) is 5.28. The first-order valence-corrected chi connectivity index (χ1v) is 6.32. The summed E-state index contributed by atoms with van der Waals surface area (Å²) in [5.74, 6) is 1.56. The maximum Gasteiger partial charge on any atom is 0.140 e. The van der Waals surface area contributed by atoms with Gasteiger partial charge in [0.25, 0.3) is 0 Å². The van der Waals surface area contributed by atoms with Crippen molar-refractivity contribution in [2.75, 3.05) is 18.0 Å². The van der Waals surface area contributed by atoms with Crippen molar-refractivity contribution in [1.29, 1.82) is 0 Å². The Bertz CT molecular complexity index is 499. The van der Waals surface area contributed by atoms with E-state index in [1.54, 1.807) is 17.7 Å². The largest absolute Gasteiger partial charge is 0.354 e. The Hall–Kier alpha value is -1.20. The summed E-state index contributed by atoms with van der Waals surface area (Å²) in [4.78, 5) is 12.0. The predicted molar refractivity (Wildman–Crippen MR) is 66.8 cm³/mol. The Morgan fingerprint density at radius 3 is 3.06 bits per heavy atom. The van der Waals surface area contributed by atoms with Crippen molar-refractivity contribution < 1.29 is 0 Å². The van der Waals surface area contributed by atoms with Gasteiger partial charge in [-0.15, -0.1) is 11.3 Å². The van der Waals surface area contributed by atoms with E-state index in [1.165, 1.54) is 0 Å². The number of hydrogen-bond donors (Lipinski definition) is 1. The smallest absolute Gasteiger partial charge is 0.140 e. The van der Waals surface area contributed by atoms with Gasteiger partial charge < -0.3 is 10.6 Å². The van der Waals surface area contributed by atoms with E-state index in [-0.39, 0.29) is 6.04 Å². The molecule has 0 saturated carbocycles. The van der Waals surface area contributed by atoms with Gasteiger partial charge in [0.1, 0.15) is 17.0 Å². The van der Waals surface area contributed by atoms with E-state index in [0.29, 0.717) is 5.92 Å². The molecule has 3 heterocycles. The first-order valence-electron chi connectivity index (χ1n) is 5.44. The summed E-state index contributed by atoms with van der Waals surface area (Å²) in [7, 11) is 0. The molecule has 3 rings (SSSR count). The summed E-state index contributed by atoms with van der Waals surface area (Å²) < 4.78 is 0. The first-order chi connectivity index (χ1) is 7.75. The zero-order valence-corrected chi connectivity index (χ0v) is 9.94. The molecule has 0 radical (unpaired) electrons. The highest BCUT2D eigenvalue weighted by atomic mass is 32.1. The van der Waals surface area contributed by atoms with E-state index < -0.39 is 0 Å². The lowest BCUT2D eigenvalue weighted by Gasteiger charge is -2.17. The Labute approximate surface area is 98.1 Å². The molecule has 1 saturated heterocycles. The first kappa shape index (κ1) is 9.99. The summed E-state index contributed by atoms with van der Waals surface area (Å²) in [5, 5.41) is 3.20. The molecule has 2 aromatic heterocycles. The second kappa shape index (κ2) is 3.68. The van der Waals surface area contributed by atoms with Crippen LogP contribution in [0.1, 0.15) is 6.92 Å². The van der Waals surface area contributed by atoms with Crippen molar-refractivity contribution in [1.82, 2.24) is 9.97 Å². The Kier molecular flexibility index (Phi) is 2.29. The quantitative estimate of drug-likeness (QED) is 0.812. The van der Waals surface area contributed by atoms with Crippen LogP contribution in [0.5, 0.6) is 0 Å².